The molecular weight excluding hydrogens is 344 g/mol. The Morgan fingerprint density at radius 2 is 2.00 bits per heavy atom. The summed E-state index contributed by atoms with van der Waals surface area (Å²) in [5.41, 5.74) is 1.94. The molecule has 0 aromatic heterocycles. The Morgan fingerprint density at radius 3 is 2.58 bits per heavy atom. The summed E-state index contributed by atoms with van der Waals surface area (Å²) in [7, 11) is 0. The Balaban J connectivity index is 1.90. The van der Waals surface area contributed by atoms with Crippen LogP contribution >= 0.6 is 11.8 Å². The Labute approximate surface area is 161 Å². The number of amides is 1. The van der Waals surface area contributed by atoms with Crippen molar-refractivity contribution in [2.75, 3.05) is 24.2 Å². The van der Waals surface area contributed by atoms with Crippen molar-refractivity contribution in [1.82, 2.24) is 10.6 Å². The summed E-state index contributed by atoms with van der Waals surface area (Å²) in [5, 5.41) is 9.71. The Kier molecular flexibility index (Phi) is 7.82. The van der Waals surface area contributed by atoms with Crippen LogP contribution in [0, 0.1) is 5.92 Å². The monoisotopic (exact) mass is 376 g/mol. The average Bonchev–Trinajstić information content (AvgIpc) is 3.05. The van der Waals surface area contributed by atoms with E-state index in [4.69, 9.17) is 4.99 Å². The molecule has 1 fully saturated rings. The van der Waals surface area contributed by atoms with Gasteiger partial charge in [-0.15, -0.1) is 0 Å². The van der Waals surface area contributed by atoms with Gasteiger partial charge in [-0.2, -0.15) is 11.8 Å². The van der Waals surface area contributed by atoms with Gasteiger partial charge in [0.2, 0.25) is 5.91 Å². The molecule has 0 saturated carbocycles. The van der Waals surface area contributed by atoms with Gasteiger partial charge >= 0.3 is 0 Å². The second-order valence-corrected chi connectivity index (χ2v) is 8.97. The zero-order chi connectivity index (χ0) is 19.0. The minimum Gasteiger partial charge on any atom is -0.357 e. The molecule has 1 aromatic carbocycles. The SMILES string of the molecule is CCNC(=NCc1ccc(NC(=O)C(C)C)cc1)NCC1(C)CCCS1. The van der Waals surface area contributed by atoms with Crippen molar-refractivity contribution in [1.29, 1.82) is 0 Å². The van der Waals surface area contributed by atoms with Crippen LogP contribution in [0.2, 0.25) is 0 Å². The number of benzene rings is 1. The van der Waals surface area contributed by atoms with Crippen molar-refractivity contribution < 1.29 is 4.79 Å². The number of rotatable bonds is 7. The molecule has 1 aromatic rings. The quantitative estimate of drug-likeness (QED) is 0.502. The van der Waals surface area contributed by atoms with Crippen molar-refractivity contribution in [3.8, 4) is 0 Å². The Morgan fingerprint density at radius 1 is 1.27 bits per heavy atom. The maximum Gasteiger partial charge on any atom is 0.226 e. The summed E-state index contributed by atoms with van der Waals surface area (Å²) in [4.78, 5) is 16.4. The number of hydrogen-bond acceptors (Lipinski definition) is 3. The van der Waals surface area contributed by atoms with E-state index >= 15 is 0 Å². The first kappa shape index (κ1) is 20.6. The molecular formula is C20H32N4OS. The summed E-state index contributed by atoms with van der Waals surface area (Å²) < 4.78 is 0.312. The van der Waals surface area contributed by atoms with Crippen molar-refractivity contribution in [2.24, 2.45) is 10.9 Å². The molecule has 5 nitrogen and oxygen atoms in total. The van der Waals surface area contributed by atoms with E-state index in [9.17, 15) is 4.79 Å². The van der Waals surface area contributed by atoms with Crippen LogP contribution in [0.3, 0.4) is 0 Å². The molecule has 6 heteroatoms. The molecule has 0 bridgehead atoms. The Hall–Kier alpha value is -1.69. The van der Waals surface area contributed by atoms with Crippen molar-refractivity contribution in [3.63, 3.8) is 0 Å². The zero-order valence-electron chi connectivity index (χ0n) is 16.4. The van der Waals surface area contributed by atoms with E-state index in [2.05, 4.69) is 29.8 Å². The summed E-state index contributed by atoms with van der Waals surface area (Å²) in [6.45, 7) is 10.6. The third-order valence-corrected chi connectivity index (χ3v) is 5.98. The van der Waals surface area contributed by atoms with Crippen molar-refractivity contribution in [3.05, 3.63) is 29.8 Å². The average molecular weight is 377 g/mol. The topological polar surface area (TPSA) is 65.5 Å². The molecule has 2 rings (SSSR count). The largest absolute Gasteiger partial charge is 0.357 e. The van der Waals surface area contributed by atoms with Crippen LogP contribution in [0.1, 0.15) is 46.1 Å². The van der Waals surface area contributed by atoms with Crippen LogP contribution in [0.4, 0.5) is 5.69 Å². The number of guanidine groups is 1. The van der Waals surface area contributed by atoms with Crippen LogP contribution in [-0.2, 0) is 11.3 Å². The first-order valence-corrected chi connectivity index (χ1v) is 10.5. The lowest BCUT2D eigenvalue weighted by atomic mass is 10.1. The maximum atomic E-state index is 11.7. The van der Waals surface area contributed by atoms with Gasteiger partial charge in [-0.3, -0.25) is 4.79 Å². The van der Waals surface area contributed by atoms with Gasteiger partial charge in [0.25, 0.3) is 0 Å². The van der Waals surface area contributed by atoms with Gasteiger partial charge in [0.1, 0.15) is 0 Å². The molecule has 0 spiro atoms. The number of carbonyl (C=O) groups excluding carboxylic acids is 1. The molecule has 144 valence electrons. The summed E-state index contributed by atoms with van der Waals surface area (Å²) in [6, 6.07) is 7.89. The van der Waals surface area contributed by atoms with E-state index in [0.29, 0.717) is 11.3 Å². The minimum absolute atomic E-state index is 0.0204. The first-order valence-electron chi connectivity index (χ1n) is 9.48. The lowest BCUT2D eigenvalue weighted by Crippen LogP contribution is -2.43. The lowest BCUT2D eigenvalue weighted by Gasteiger charge is -2.24. The van der Waals surface area contributed by atoms with Gasteiger partial charge in [0.15, 0.2) is 5.96 Å². The molecule has 1 aliphatic rings. The fourth-order valence-corrected chi connectivity index (χ4v) is 3.98. The van der Waals surface area contributed by atoms with Gasteiger partial charge in [-0.25, -0.2) is 4.99 Å². The number of hydrogen-bond donors (Lipinski definition) is 3. The van der Waals surface area contributed by atoms with Crippen LogP contribution in [0.5, 0.6) is 0 Å². The van der Waals surface area contributed by atoms with Crippen molar-refractivity contribution in [2.45, 2.75) is 51.8 Å². The highest BCUT2D eigenvalue weighted by Crippen LogP contribution is 2.36. The Bertz CT molecular complexity index is 607. The third-order valence-electron chi connectivity index (χ3n) is 4.44. The van der Waals surface area contributed by atoms with Gasteiger partial charge in [-0.1, -0.05) is 26.0 Å². The summed E-state index contributed by atoms with van der Waals surface area (Å²) in [5.74, 6) is 2.13. The maximum absolute atomic E-state index is 11.7. The highest BCUT2D eigenvalue weighted by atomic mass is 32.2. The second kappa shape index (κ2) is 9.86. The smallest absolute Gasteiger partial charge is 0.226 e. The molecule has 26 heavy (non-hydrogen) atoms. The highest BCUT2D eigenvalue weighted by Gasteiger charge is 2.29. The number of aliphatic imine (C=N–C) groups is 1. The highest BCUT2D eigenvalue weighted by molar-refractivity contribution is 8.00. The number of nitrogens with zero attached hydrogens (tertiary/aromatic N) is 1. The van der Waals surface area contributed by atoms with E-state index in [1.54, 1.807) is 0 Å². The normalized spacial score (nSPS) is 20.3. The molecule has 1 aliphatic heterocycles. The van der Waals surface area contributed by atoms with Gasteiger partial charge in [0, 0.05) is 29.4 Å². The third kappa shape index (κ3) is 6.56. The molecule has 1 amide bonds. The van der Waals surface area contributed by atoms with Crippen LogP contribution < -0.4 is 16.0 Å². The van der Waals surface area contributed by atoms with E-state index in [0.717, 1.165) is 30.3 Å². The van der Waals surface area contributed by atoms with E-state index < -0.39 is 0 Å². The van der Waals surface area contributed by atoms with Gasteiger partial charge in [-0.05, 0) is 50.1 Å². The van der Waals surface area contributed by atoms with Gasteiger partial charge < -0.3 is 16.0 Å². The molecule has 1 saturated heterocycles. The zero-order valence-corrected chi connectivity index (χ0v) is 17.2. The van der Waals surface area contributed by atoms with Crippen LogP contribution in [0.25, 0.3) is 0 Å². The fourth-order valence-electron chi connectivity index (χ4n) is 2.74. The van der Waals surface area contributed by atoms with Crippen LogP contribution in [-0.4, -0.2) is 35.5 Å². The van der Waals surface area contributed by atoms with Gasteiger partial charge in [0.05, 0.1) is 6.54 Å². The number of thioether (sulfide) groups is 1. The molecule has 3 N–H and O–H groups in total. The van der Waals surface area contributed by atoms with E-state index in [-0.39, 0.29) is 11.8 Å². The fraction of sp³-hybridized carbons (Fsp3) is 0.600. The number of carbonyl (C=O) groups is 1. The van der Waals surface area contributed by atoms with E-state index in [1.165, 1.54) is 18.6 Å². The number of nitrogens with one attached hydrogen (secondary N) is 3. The van der Waals surface area contributed by atoms with Crippen molar-refractivity contribution >= 4 is 29.3 Å². The van der Waals surface area contributed by atoms with Crippen LogP contribution in [0.15, 0.2) is 29.3 Å². The molecule has 1 heterocycles. The standard InChI is InChI=1S/C20H32N4OS/c1-5-21-19(23-14-20(4)11-6-12-26-20)22-13-16-7-9-17(10-8-16)24-18(25)15(2)3/h7-10,15H,5-6,11-14H2,1-4H3,(H,24,25)(H2,21,22,23). The van der Waals surface area contributed by atoms with E-state index in [1.807, 2.05) is 49.9 Å². The first-order chi connectivity index (χ1) is 12.4. The molecule has 1 unspecified atom stereocenters. The predicted octanol–water partition coefficient (Wildman–Crippen LogP) is 3.62. The summed E-state index contributed by atoms with van der Waals surface area (Å²) in [6.07, 6.45) is 2.56. The second-order valence-electron chi connectivity index (χ2n) is 7.29. The molecule has 0 aliphatic carbocycles. The summed E-state index contributed by atoms with van der Waals surface area (Å²) >= 11 is 2.05. The lowest BCUT2D eigenvalue weighted by molar-refractivity contribution is -0.118. The number of anilines is 1. The molecule has 0 radical (unpaired) electrons. The minimum atomic E-state index is -0.0204. The molecule has 1 atom stereocenters. The predicted molar refractivity (Wildman–Crippen MR) is 113 cm³/mol.